The number of nitrogens with two attached hydrogens (primary N) is 1. The number of hydrogen-bond donors (Lipinski definition) is 1. The van der Waals surface area contributed by atoms with E-state index in [4.69, 9.17) is 15.2 Å². The second kappa shape index (κ2) is 4.36. The molecule has 0 amide bonds. The van der Waals surface area contributed by atoms with Crippen molar-refractivity contribution in [2.45, 2.75) is 32.3 Å². The van der Waals surface area contributed by atoms with E-state index in [9.17, 15) is 10.5 Å². The van der Waals surface area contributed by atoms with Gasteiger partial charge in [-0.05, 0) is 18.9 Å². The molecular formula is C18H18N4O2. The van der Waals surface area contributed by atoms with Crippen LogP contribution in [0, 0.1) is 38.9 Å². The molecule has 5 atom stereocenters. The molecule has 4 rings (SSSR count). The first-order chi connectivity index (χ1) is 11.4. The molecule has 0 aromatic heterocycles. The minimum atomic E-state index is -1.48. The van der Waals surface area contributed by atoms with Gasteiger partial charge in [-0.3, -0.25) is 0 Å². The highest BCUT2D eigenvalue weighted by Crippen LogP contribution is 2.86. The van der Waals surface area contributed by atoms with Crippen LogP contribution < -0.4 is 5.73 Å². The molecule has 2 fully saturated rings. The van der Waals surface area contributed by atoms with Crippen molar-refractivity contribution < 1.29 is 9.47 Å². The lowest BCUT2D eigenvalue weighted by atomic mass is 9.85. The Bertz CT molecular complexity index is 826. The maximum Gasteiger partial charge on any atom is 0.293 e. The highest BCUT2D eigenvalue weighted by molar-refractivity contribution is 6.00. The molecule has 0 bridgehead atoms. The molecule has 2 N–H and O–H groups in total. The molecule has 1 aromatic carbocycles. The first-order valence-corrected chi connectivity index (χ1v) is 7.97. The lowest BCUT2D eigenvalue weighted by molar-refractivity contribution is -0.199. The summed E-state index contributed by atoms with van der Waals surface area (Å²) in [5, 5.41) is 20.1. The van der Waals surface area contributed by atoms with Gasteiger partial charge in [-0.15, -0.1) is 0 Å². The largest absolute Gasteiger partial charge is 0.386 e. The number of aliphatic imine (C=N–C) groups is 1. The summed E-state index contributed by atoms with van der Waals surface area (Å²) in [6.45, 7) is 4.09. The van der Waals surface area contributed by atoms with Crippen molar-refractivity contribution in [2.24, 2.45) is 27.0 Å². The molecule has 0 unspecified atom stereocenters. The van der Waals surface area contributed by atoms with Crippen LogP contribution in [0.4, 0.5) is 0 Å². The maximum absolute atomic E-state index is 10.1. The van der Waals surface area contributed by atoms with E-state index in [1.807, 2.05) is 44.2 Å². The Hall–Kier alpha value is -2.41. The maximum atomic E-state index is 10.1. The smallest absolute Gasteiger partial charge is 0.293 e. The number of benzene rings is 1. The van der Waals surface area contributed by atoms with Crippen molar-refractivity contribution in [3.8, 4) is 12.1 Å². The van der Waals surface area contributed by atoms with E-state index in [0.29, 0.717) is 13.0 Å². The van der Waals surface area contributed by atoms with Crippen LogP contribution in [0.5, 0.6) is 0 Å². The number of rotatable bonds is 2. The Morgan fingerprint density at radius 1 is 1.29 bits per heavy atom. The lowest BCUT2D eigenvalue weighted by Gasteiger charge is -2.29. The van der Waals surface area contributed by atoms with Crippen molar-refractivity contribution >= 4 is 5.84 Å². The van der Waals surface area contributed by atoms with E-state index in [0.717, 1.165) is 5.56 Å². The van der Waals surface area contributed by atoms with Crippen LogP contribution in [0.3, 0.4) is 0 Å². The van der Waals surface area contributed by atoms with E-state index in [2.05, 4.69) is 17.1 Å². The molecule has 1 aromatic rings. The van der Waals surface area contributed by atoms with Gasteiger partial charge in [0.05, 0.1) is 24.8 Å². The molecule has 1 aliphatic carbocycles. The molecule has 1 saturated heterocycles. The Morgan fingerprint density at radius 2 is 2.00 bits per heavy atom. The van der Waals surface area contributed by atoms with Crippen LogP contribution in [0.25, 0.3) is 0 Å². The Balaban J connectivity index is 1.87. The fourth-order valence-corrected chi connectivity index (χ4v) is 4.81. The van der Waals surface area contributed by atoms with Crippen LogP contribution in [0.15, 0.2) is 35.3 Å². The van der Waals surface area contributed by atoms with E-state index in [1.165, 1.54) is 0 Å². The molecule has 122 valence electrons. The second-order valence-electron chi connectivity index (χ2n) is 7.04. The first-order valence-electron chi connectivity index (χ1n) is 7.97. The first kappa shape index (κ1) is 15.1. The zero-order valence-electron chi connectivity index (χ0n) is 13.6. The molecule has 2 aliphatic heterocycles. The topological polar surface area (TPSA) is 104 Å². The summed E-state index contributed by atoms with van der Waals surface area (Å²) >= 11 is 0. The molecule has 0 radical (unpaired) electrons. The summed E-state index contributed by atoms with van der Waals surface area (Å²) in [5.41, 5.74) is 4.03. The average Bonchev–Trinajstić information content (AvgIpc) is 2.77. The lowest BCUT2D eigenvalue weighted by Crippen LogP contribution is -2.41. The summed E-state index contributed by atoms with van der Waals surface area (Å²) in [6.07, 6.45) is 0.316. The van der Waals surface area contributed by atoms with Crippen LogP contribution in [0.2, 0.25) is 0 Å². The van der Waals surface area contributed by atoms with Gasteiger partial charge in [-0.1, -0.05) is 37.3 Å². The van der Waals surface area contributed by atoms with Crippen LogP contribution in [-0.2, 0) is 15.9 Å². The summed E-state index contributed by atoms with van der Waals surface area (Å²) in [5.74, 6) is -1.34. The minimum absolute atomic E-state index is 0.138. The van der Waals surface area contributed by atoms with E-state index in [-0.39, 0.29) is 11.9 Å². The third-order valence-electron chi connectivity index (χ3n) is 5.89. The van der Waals surface area contributed by atoms with Crippen molar-refractivity contribution in [2.75, 3.05) is 6.61 Å². The van der Waals surface area contributed by atoms with Gasteiger partial charge in [0.1, 0.15) is 11.3 Å². The van der Waals surface area contributed by atoms with Gasteiger partial charge in [-0.2, -0.15) is 10.5 Å². The zero-order valence-corrected chi connectivity index (χ0v) is 13.6. The molecule has 6 heteroatoms. The van der Waals surface area contributed by atoms with E-state index in [1.54, 1.807) is 0 Å². The van der Waals surface area contributed by atoms with E-state index < -0.39 is 22.2 Å². The van der Waals surface area contributed by atoms with Gasteiger partial charge >= 0.3 is 0 Å². The molecule has 24 heavy (non-hydrogen) atoms. The SMILES string of the molecule is C[C@H]1CO[C@@]2(N=C(N)[C@@]3(C#N)[C@](C)(Cc4ccccc4)[C@@]23C#N)O1. The van der Waals surface area contributed by atoms with Crippen LogP contribution in [-0.4, -0.2) is 24.5 Å². The molecule has 3 aliphatic rings. The fourth-order valence-electron chi connectivity index (χ4n) is 4.81. The minimum Gasteiger partial charge on any atom is -0.386 e. The molecule has 2 heterocycles. The average molecular weight is 322 g/mol. The highest BCUT2D eigenvalue weighted by Gasteiger charge is 2.99. The Labute approximate surface area is 140 Å². The Kier molecular flexibility index (Phi) is 2.75. The molecule has 6 nitrogen and oxygen atoms in total. The zero-order chi connectivity index (χ0) is 17.2. The second-order valence-corrected chi connectivity index (χ2v) is 7.04. The number of amidine groups is 1. The van der Waals surface area contributed by atoms with Crippen LogP contribution >= 0.6 is 0 Å². The molecular weight excluding hydrogens is 304 g/mol. The van der Waals surface area contributed by atoms with Crippen molar-refractivity contribution in [1.82, 2.24) is 0 Å². The predicted molar refractivity (Wildman–Crippen MR) is 85.2 cm³/mol. The standard InChI is InChI=1S/C18H18N4O2/c1-12-9-23-18(24-12)17(11-20)15(2,8-13-6-4-3-5-7-13)16(17,10-19)14(21)22-18/h3-7,12H,8-9H2,1-2H3,(H2,21,22)/t12-,15-,16-,17+,18+/m0/s1. The van der Waals surface area contributed by atoms with E-state index >= 15 is 0 Å². The third kappa shape index (κ3) is 1.28. The van der Waals surface area contributed by atoms with Gasteiger partial charge in [0.2, 0.25) is 0 Å². The van der Waals surface area contributed by atoms with Crippen molar-refractivity contribution in [3.63, 3.8) is 0 Å². The van der Waals surface area contributed by atoms with Gasteiger partial charge < -0.3 is 15.2 Å². The highest BCUT2D eigenvalue weighted by atomic mass is 16.8. The third-order valence-corrected chi connectivity index (χ3v) is 5.89. The molecule has 1 spiro atoms. The number of fused-ring (bicyclic) bond motifs is 2. The fraction of sp³-hybridized carbons (Fsp3) is 0.500. The van der Waals surface area contributed by atoms with Crippen LogP contribution in [0.1, 0.15) is 19.4 Å². The normalized spacial score (nSPS) is 45.3. The number of nitriles is 2. The predicted octanol–water partition coefficient (Wildman–Crippen LogP) is 1.73. The monoisotopic (exact) mass is 322 g/mol. The van der Waals surface area contributed by atoms with Gasteiger partial charge in [-0.25, -0.2) is 4.99 Å². The number of ether oxygens (including phenoxy) is 2. The summed E-state index contributed by atoms with van der Waals surface area (Å²) in [6, 6.07) is 14.4. The summed E-state index contributed by atoms with van der Waals surface area (Å²) in [4.78, 5) is 4.33. The van der Waals surface area contributed by atoms with Crippen molar-refractivity contribution in [3.05, 3.63) is 35.9 Å². The van der Waals surface area contributed by atoms with Gasteiger partial charge in [0.15, 0.2) is 5.41 Å². The van der Waals surface area contributed by atoms with Gasteiger partial charge in [0, 0.05) is 5.41 Å². The summed E-state index contributed by atoms with van der Waals surface area (Å²) < 4.78 is 11.8. The molecule has 1 saturated carbocycles. The number of nitrogens with zero attached hydrogens (tertiary/aromatic N) is 3. The Morgan fingerprint density at radius 3 is 2.54 bits per heavy atom. The van der Waals surface area contributed by atoms with Crippen molar-refractivity contribution in [1.29, 1.82) is 10.5 Å². The quantitative estimate of drug-likeness (QED) is 0.892. The number of hydrogen-bond acceptors (Lipinski definition) is 6. The van der Waals surface area contributed by atoms with Gasteiger partial charge in [0.25, 0.3) is 5.91 Å². The summed E-state index contributed by atoms with van der Waals surface area (Å²) in [7, 11) is 0.